The first-order valence-electron chi connectivity index (χ1n) is 6.54. The van der Waals surface area contributed by atoms with Crippen LogP contribution in [0.4, 0.5) is 5.69 Å². The summed E-state index contributed by atoms with van der Waals surface area (Å²) >= 11 is 5.94. The number of aryl methyl sites for hydroxylation is 1. The topological polar surface area (TPSA) is 68.0 Å². The molecular formula is C14H22ClN3O. The van der Waals surface area contributed by atoms with E-state index in [9.17, 15) is 4.79 Å². The van der Waals surface area contributed by atoms with Gasteiger partial charge in [0.2, 0.25) is 5.91 Å². The normalized spacial score (nSPS) is 12.5. The van der Waals surface area contributed by atoms with E-state index in [-0.39, 0.29) is 11.8 Å². The van der Waals surface area contributed by atoms with Crippen molar-refractivity contribution in [1.82, 2.24) is 4.98 Å². The summed E-state index contributed by atoms with van der Waals surface area (Å²) in [5.74, 6) is 0.674. The van der Waals surface area contributed by atoms with Gasteiger partial charge in [-0.2, -0.15) is 0 Å². The smallest absolute Gasteiger partial charge is 0.224 e. The number of nitrogens with zero attached hydrogens (tertiary/aromatic N) is 1. The van der Waals surface area contributed by atoms with Crippen molar-refractivity contribution in [3.05, 3.63) is 23.0 Å². The maximum absolute atomic E-state index is 12.0. The summed E-state index contributed by atoms with van der Waals surface area (Å²) in [4.78, 5) is 16.0. The molecule has 106 valence electrons. The van der Waals surface area contributed by atoms with Crippen LogP contribution in [0.15, 0.2) is 12.3 Å². The number of nitrogens with two attached hydrogens (primary N) is 1. The van der Waals surface area contributed by atoms with Gasteiger partial charge in [-0.05, 0) is 43.4 Å². The van der Waals surface area contributed by atoms with Crippen LogP contribution in [0.25, 0.3) is 0 Å². The zero-order chi connectivity index (χ0) is 14.4. The molecule has 19 heavy (non-hydrogen) atoms. The lowest BCUT2D eigenvalue weighted by Crippen LogP contribution is -2.23. The second-order valence-corrected chi connectivity index (χ2v) is 5.69. The molecule has 1 aromatic heterocycles. The van der Waals surface area contributed by atoms with Gasteiger partial charge < -0.3 is 11.1 Å². The fraction of sp³-hybridized carbons (Fsp3) is 0.571. The van der Waals surface area contributed by atoms with Crippen LogP contribution in [0.1, 0.15) is 32.3 Å². The summed E-state index contributed by atoms with van der Waals surface area (Å²) in [6, 6.07) is 1.81. The van der Waals surface area contributed by atoms with E-state index in [1.54, 1.807) is 6.20 Å². The Kier molecular flexibility index (Phi) is 6.25. The third-order valence-corrected chi connectivity index (χ3v) is 3.16. The summed E-state index contributed by atoms with van der Waals surface area (Å²) in [5, 5.41) is 3.11. The number of hydrogen-bond donors (Lipinski definition) is 2. The minimum absolute atomic E-state index is 0.0644. The lowest BCUT2D eigenvalue weighted by atomic mass is 9.94. The van der Waals surface area contributed by atoms with Gasteiger partial charge in [0, 0.05) is 12.6 Å². The van der Waals surface area contributed by atoms with Crippen LogP contribution in [0, 0.1) is 18.8 Å². The molecule has 0 unspecified atom stereocenters. The molecule has 0 fully saturated rings. The molecule has 1 rings (SSSR count). The number of pyridine rings is 1. The van der Waals surface area contributed by atoms with Gasteiger partial charge in [-0.25, -0.2) is 4.98 Å². The maximum Gasteiger partial charge on any atom is 0.224 e. The highest BCUT2D eigenvalue weighted by Crippen LogP contribution is 2.21. The minimum atomic E-state index is -0.0644. The summed E-state index contributed by atoms with van der Waals surface area (Å²) in [5.41, 5.74) is 7.22. The molecule has 0 aliphatic heterocycles. The summed E-state index contributed by atoms with van der Waals surface area (Å²) in [6.07, 6.45) is 3.03. The van der Waals surface area contributed by atoms with Crippen LogP contribution in [0.2, 0.25) is 5.15 Å². The third kappa shape index (κ3) is 5.57. The second-order valence-electron chi connectivity index (χ2n) is 5.33. The number of hydrogen-bond acceptors (Lipinski definition) is 3. The van der Waals surface area contributed by atoms with E-state index in [1.165, 1.54) is 0 Å². The number of rotatable bonds is 6. The number of amides is 1. The molecule has 1 atom stereocenters. The Bertz CT molecular complexity index is 435. The largest absolute Gasteiger partial charge is 0.330 e. The van der Waals surface area contributed by atoms with E-state index >= 15 is 0 Å². The van der Waals surface area contributed by atoms with Crippen molar-refractivity contribution in [2.24, 2.45) is 17.6 Å². The standard InChI is InChI=1S/C14H22ClN3O/c1-9(2)4-11(7-16)6-13(19)18-12-5-10(3)8-17-14(12)15/h5,8-9,11H,4,6-7,16H2,1-3H3,(H,18,19)/t11-/m0/s1. The zero-order valence-electron chi connectivity index (χ0n) is 11.7. The Hall–Kier alpha value is -1.13. The Morgan fingerprint density at radius 2 is 2.21 bits per heavy atom. The van der Waals surface area contributed by atoms with Crippen LogP contribution in [-0.4, -0.2) is 17.4 Å². The number of anilines is 1. The van der Waals surface area contributed by atoms with Gasteiger partial charge in [-0.3, -0.25) is 4.79 Å². The minimum Gasteiger partial charge on any atom is -0.330 e. The average Bonchev–Trinajstić information content (AvgIpc) is 2.32. The Morgan fingerprint density at radius 3 is 2.79 bits per heavy atom. The third-order valence-electron chi connectivity index (χ3n) is 2.86. The van der Waals surface area contributed by atoms with Gasteiger partial charge in [0.05, 0.1) is 5.69 Å². The van der Waals surface area contributed by atoms with Crippen LogP contribution < -0.4 is 11.1 Å². The van der Waals surface area contributed by atoms with E-state index < -0.39 is 0 Å². The van der Waals surface area contributed by atoms with Gasteiger partial charge in [0.1, 0.15) is 0 Å². The van der Waals surface area contributed by atoms with Crippen molar-refractivity contribution >= 4 is 23.2 Å². The molecule has 3 N–H and O–H groups in total. The molecule has 4 nitrogen and oxygen atoms in total. The van der Waals surface area contributed by atoms with E-state index in [1.807, 2.05) is 13.0 Å². The molecule has 1 aromatic rings. The number of aromatic nitrogens is 1. The van der Waals surface area contributed by atoms with E-state index in [4.69, 9.17) is 17.3 Å². The van der Waals surface area contributed by atoms with Crippen molar-refractivity contribution in [3.63, 3.8) is 0 Å². The molecule has 0 aliphatic rings. The maximum atomic E-state index is 12.0. The highest BCUT2D eigenvalue weighted by atomic mass is 35.5. The van der Waals surface area contributed by atoms with Gasteiger partial charge in [0.25, 0.3) is 0 Å². The van der Waals surface area contributed by atoms with Crippen molar-refractivity contribution < 1.29 is 4.79 Å². The van der Waals surface area contributed by atoms with Crippen molar-refractivity contribution in [3.8, 4) is 0 Å². The summed E-state index contributed by atoms with van der Waals surface area (Å²) in [6.45, 7) is 6.68. The molecule has 0 saturated carbocycles. The second kappa shape index (κ2) is 7.46. The van der Waals surface area contributed by atoms with Gasteiger partial charge in [-0.1, -0.05) is 25.4 Å². The van der Waals surface area contributed by atoms with E-state index in [0.29, 0.717) is 29.7 Å². The molecule has 1 heterocycles. The summed E-state index contributed by atoms with van der Waals surface area (Å²) in [7, 11) is 0. The highest BCUT2D eigenvalue weighted by Gasteiger charge is 2.15. The molecule has 0 aromatic carbocycles. The first-order valence-corrected chi connectivity index (χ1v) is 6.92. The first-order chi connectivity index (χ1) is 8.92. The molecular weight excluding hydrogens is 262 g/mol. The number of halogens is 1. The number of carbonyl (C=O) groups excluding carboxylic acids is 1. The Labute approximate surface area is 119 Å². The predicted molar refractivity (Wildman–Crippen MR) is 79.2 cm³/mol. The lowest BCUT2D eigenvalue weighted by Gasteiger charge is -2.16. The van der Waals surface area contributed by atoms with Crippen LogP contribution >= 0.6 is 11.6 Å². The Morgan fingerprint density at radius 1 is 1.53 bits per heavy atom. The molecule has 5 heteroatoms. The van der Waals surface area contributed by atoms with Crippen molar-refractivity contribution in [2.45, 2.75) is 33.6 Å². The molecule has 0 aliphatic carbocycles. The van der Waals surface area contributed by atoms with Gasteiger partial charge in [0.15, 0.2) is 5.15 Å². The molecule has 0 spiro atoms. The highest BCUT2D eigenvalue weighted by molar-refractivity contribution is 6.32. The average molecular weight is 284 g/mol. The number of carbonyl (C=O) groups is 1. The molecule has 1 amide bonds. The van der Waals surface area contributed by atoms with Crippen molar-refractivity contribution in [1.29, 1.82) is 0 Å². The monoisotopic (exact) mass is 283 g/mol. The molecule has 0 bridgehead atoms. The van der Waals surface area contributed by atoms with Crippen LogP contribution in [-0.2, 0) is 4.79 Å². The fourth-order valence-electron chi connectivity index (χ4n) is 2.03. The van der Waals surface area contributed by atoms with Gasteiger partial charge >= 0.3 is 0 Å². The number of nitrogens with one attached hydrogen (secondary N) is 1. The lowest BCUT2D eigenvalue weighted by molar-refractivity contribution is -0.117. The van der Waals surface area contributed by atoms with E-state index in [2.05, 4.69) is 24.1 Å². The predicted octanol–water partition coefficient (Wildman–Crippen LogP) is 2.99. The first kappa shape index (κ1) is 15.9. The molecule has 0 radical (unpaired) electrons. The van der Waals surface area contributed by atoms with Crippen LogP contribution in [0.5, 0.6) is 0 Å². The Balaban J connectivity index is 2.61. The quantitative estimate of drug-likeness (QED) is 0.789. The van der Waals surface area contributed by atoms with E-state index in [0.717, 1.165) is 12.0 Å². The zero-order valence-corrected chi connectivity index (χ0v) is 12.5. The molecule has 0 saturated heterocycles. The summed E-state index contributed by atoms with van der Waals surface area (Å²) < 4.78 is 0. The fourth-order valence-corrected chi connectivity index (χ4v) is 2.18. The van der Waals surface area contributed by atoms with Crippen LogP contribution in [0.3, 0.4) is 0 Å². The van der Waals surface area contributed by atoms with Gasteiger partial charge in [-0.15, -0.1) is 0 Å². The van der Waals surface area contributed by atoms with Crippen molar-refractivity contribution in [2.75, 3.05) is 11.9 Å². The SMILES string of the molecule is Cc1cnc(Cl)c(NC(=O)C[C@@H](CN)CC(C)C)c1.